The first-order valence-corrected chi connectivity index (χ1v) is 5.49. The van der Waals surface area contributed by atoms with Gasteiger partial charge in [0.25, 0.3) is 0 Å². The van der Waals surface area contributed by atoms with Crippen LogP contribution < -0.4 is 0 Å². The summed E-state index contributed by atoms with van der Waals surface area (Å²) in [5.74, 6) is -1.04. The molecular weight excluding hydrogens is 186 g/mol. The number of alkyl halides is 1. The van der Waals surface area contributed by atoms with E-state index in [1.807, 2.05) is 13.8 Å². The summed E-state index contributed by atoms with van der Waals surface area (Å²) in [5, 5.41) is 8.95. The van der Waals surface area contributed by atoms with Crippen LogP contribution in [0.3, 0.4) is 0 Å². The van der Waals surface area contributed by atoms with Crippen LogP contribution in [0.4, 0.5) is 0 Å². The molecule has 3 atom stereocenters. The molecule has 0 aromatic rings. The molecule has 0 heterocycles. The Morgan fingerprint density at radius 2 is 2.27 bits per heavy atom. The van der Waals surface area contributed by atoms with Gasteiger partial charge in [0.05, 0.1) is 12.0 Å². The van der Waals surface area contributed by atoms with Gasteiger partial charge in [-0.25, -0.2) is 0 Å². The van der Waals surface area contributed by atoms with E-state index in [0.29, 0.717) is 0 Å². The molecular formula is C6H14ClO3P. The fourth-order valence-corrected chi connectivity index (χ4v) is 1.65. The Bertz CT molecular complexity index is 131. The lowest BCUT2D eigenvalue weighted by Crippen LogP contribution is -2.08. The smallest absolute Gasteiger partial charge is 0.220 e. The molecule has 0 saturated carbocycles. The molecule has 11 heavy (non-hydrogen) atoms. The molecule has 0 spiro atoms. The maximum absolute atomic E-state index is 11.0. The lowest BCUT2D eigenvalue weighted by Gasteiger charge is -2.12. The van der Waals surface area contributed by atoms with Gasteiger partial charge < -0.3 is 9.63 Å². The van der Waals surface area contributed by atoms with Gasteiger partial charge in [-0.1, -0.05) is 6.92 Å². The molecule has 0 bridgehead atoms. The second-order valence-corrected chi connectivity index (χ2v) is 4.17. The third kappa shape index (κ3) is 4.81. The first-order chi connectivity index (χ1) is 5.11. The van der Waals surface area contributed by atoms with Gasteiger partial charge in [0.2, 0.25) is 8.03 Å². The monoisotopic (exact) mass is 200 g/mol. The third-order valence-electron chi connectivity index (χ3n) is 1.31. The molecule has 0 aromatic heterocycles. The summed E-state index contributed by atoms with van der Waals surface area (Å²) in [6.07, 6.45) is 0.713. The van der Waals surface area contributed by atoms with Crippen LogP contribution in [0.1, 0.15) is 20.3 Å². The molecule has 1 N–H and O–H groups in total. The molecule has 0 aliphatic carbocycles. The first-order valence-electron chi connectivity index (χ1n) is 3.56. The van der Waals surface area contributed by atoms with E-state index in [-0.39, 0.29) is 12.0 Å². The van der Waals surface area contributed by atoms with Gasteiger partial charge >= 0.3 is 0 Å². The molecule has 0 amide bonds. The number of hydrogen-bond donors (Lipinski definition) is 1. The Balaban J connectivity index is 3.68. The normalized spacial score (nSPS) is 19.3. The molecule has 0 saturated heterocycles. The van der Waals surface area contributed by atoms with Crippen LogP contribution in [-0.2, 0) is 9.09 Å². The molecule has 0 aliphatic rings. The van der Waals surface area contributed by atoms with Crippen LogP contribution in [0.2, 0.25) is 0 Å². The zero-order valence-corrected chi connectivity index (χ0v) is 8.47. The molecule has 0 aromatic carbocycles. The van der Waals surface area contributed by atoms with Crippen molar-refractivity contribution in [3.05, 3.63) is 0 Å². The highest BCUT2D eigenvalue weighted by Gasteiger charge is 2.14. The van der Waals surface area contributed by atoms with Crippen molar-refractivity contribution >= 4 is 19.6 Å². The van der Waals surface area contributed by atoms with Crippen LogP contribution in [0.15, 0.2) is 0 Å². The maximum atomic E-state index is 11.0. The molecule has 68 valence electrons. The molecule has 5 heteroatoms. The average molecular weight is 201 g/mol. The van der Waals surface area contributed by atoms with E-state index < -0.39 is 13.9 Å². The summed E-state index contributed by atoms with van der Waals surface area (Å²) < 4.78 is 15.9. The lowest BCUT2D eigenvalue weighted by atomic mass is 10.3. The molecule has 3 nitrogen and oxygen atoms in total. The standard InChI is InChI=1S/C6H14ClO3P/c1-3-5(2)10-11(9)6(8)4-7/h5-6,8,11H,3-4H2,1-2H3. The minimum absolute atomic E-state index is 0.0335. The van der Waals surface area contributed by atoms with Crippen molar-refractivity contribution in [3.8, 4) is 0 Å². The summed E-state index contributed by atoms with van der Waals surface area (Å²) >= 11 is 5.27. The Morgan fingerprint density at radius 1 is 1.73 bits per heavy atom. The van der Waals surface area contributed by atoms with Gasteiger partial charge in [0.15, 0.2) is 0 Å². The van der Waals surface area contributed by atoms with Crippen molar-refractivity contribution in [2.75, 3.05) is 5.88 Å². The summed E-state index contributed by atoms with van der Waals surface area (Å²) in [5.41, 5.74) is 0. The quantitative estimate of drug-likeness (QED) is 0.544. The van der Waals surface area contributed by atoms with Crippen molar-refractivity contribution in [3.63, 3.8) is 0 Å². The highest BCUT2D eigenvalue weighted by molar-refractivity contribution is 7.39. The highest BCUT2D eigenvalue weighted by atomic mass is 35.5. The number of hydrogen-bond acceptors (Lipinski definition) is 3. The van der Waals surface area contributed by atoms with Gasteiger partial charge in [-0.2, -0.15) is 0 Å². The number of aliphatic hydroxyl groups is 1. The summed E-state index contributed by atoms with van der Waals surface area (Å²) in [6, 6.07) is 0. The van der Waals surface area contributed by atoms with E-state index in [1.54, 1.807) is 0 Å². The van der Waals surface area contributed by atoms with Gasteiger partial charge in [-0.05, 0) is 13.3 Å². The SMILES string of the molecule is CCC(C)O[PH](=O)C(O)CCl. The second-order valence-electron chi connectivity index (χ2n) is 2.33. The van der Waals surface area contributed by atoms with Crippen molar-refractivity contribution < 1.29 is 14.2 Å². The Labute approximate surface area is 72.6 Å². The van der Waals surface area contributed by atoms with Crippen molar-refractivity contribution in [1.29, 1.82) is 0 Å². The molecule has 0 rings (SSSR count). The number of aliphatic hydroxyl groups excluding tert-OH is 1. The van der Waals surface area contributed by atoms with Gasteiger partial charge in [-0.15, -0.1) is 11.6 Å². The van der Waals surface area contributed by atoms with E-state index in [1.165, 1.54) is 0 Å². The van der Waals surface area contributed by atoms with E-state index in [2.05, 4.69) is 0 Å². The van der Waals surface area contributed by atoms with Gasteiger partial charge in [0, 0.05) is 0 Å². The Hall–Kier alpha value is 0.440. The van der Waals surface area contributed by atoms with Crippen LogP contribution in [-0.4, -0.2) is 22.9 Å². The van der Waals surface area contributed by atoms with E-state index >= 15 is 0 Å². The van der Waals surface area contributed by atoms with E-state index in [0.717, 1.165) is 6.42 Å². The zero-order valence-electron chi connectivity index (χ0n) is 6.71. The summed E-state index contributed by atoms with van der Waals surface area (Å²) in [6.45, 7) is 3.73. The van der Waals surface area contributed by atoms with E-state index in [4.69, 9.17) is 21.2 Å². The topological polar surface area (TPSA) is 46.5 Å². The number of halogens is 1. The maximum Gasteiger partial charge on any atom is 0.220 e. The van der Waals surface area contributed by atoms with Crippen molar-refractivity contribution in [1.82, 2.24) is 0 Å². The minimum atomic E-state index is -2.36. The largest absolute Gasteiger partial charge is 0.382 e. The van der Waals surface area contributed by atoms with Crippen LogP contribution >= 0.6 is 19.6 Å². The van der Waals surface area contributed by atoms with Crippen LogP contribution in [0.25, 0.3) is 0 Å². The highest BCUT2D eigenvalue weighted by Crippen LogP contribution is 2.30. The Morgan fingerprint density at radius 3 is 2.64 bits per heavy atom. The average Bonchev–Trinajstić information content (AvgIpc) is 2.02. The third-order valence-corrected chi connectivity index (χ3v) is 3.24. The molecule has 0 fully saturated rings. The second kappa shape index (κ2) is 6.01. The fourth-order valence-electron chi connectivity index (χ4n) is 0.423. The van der Waals surface area contributed by atoms with Crippen molar-refractivity contribution in [2.24, 2.45) is 0 Å². The van der Waals surface area contributed by atoms with E-state index in [9.17, 15) is 4.57 Å². The summed E-state index contributed by atoms with van der Waals surface area (Å²) in [7, 11) is -2.36. The van der Waals surface area contributed by atoms with Crippen LogP contribution in [0.5, 0.6) is 0 Å². The van der Waals surface area contributed by atoms with Gasteiger partial charge in [-0.3, -0.25) is 4.57 Å². The minimum Gasteiger partial charge on any atom is -0.382 e. The number of rotatable bonds is 5. The predicted octanol–water partition coefficient (Wildman–Crippen LogP) is 1.83. The zero-order chi connectivity index (χ0) is 8.85. The molecule has 3 unspecified atom stereocenters. The van der Waals surface area contributed by atoms with Crippen LogP contribution in [0, 0.1) is 0 Å². The first kappa shape index (κ1) is 11.4. The molecule has 0 aliphatic heterocycles. The predicted molar refractivity (Wildman–Crippen MR) is 46.6 cm³/mol. The fraction of sp³-hybridized carbons (Fsp3) is 1.00. The van der Waals surface area contributed by atoms with Gasteiger partial charge in [0.1, 0.15) is 5.85 Å². The van der Waals surface area contributed by atoms with Crippen molar-refractivity contribution in [2.45, 2.75) is 32.2 Å². The Kier molecular flexibility index (Phi) is 6.25. The summed E-state index contributed by atoms with van der Waals surface area (Å²) in [4.78, 5) is 0. The lowest BCUT2D eigenvalue weighted by molar-refractivity contribution is 0.192. The molecule has 0 radical (unpaired) electrons.